The molecule has 0 saturated heterocycles. The minimum atomic E-state index is -0.907. The van der Waals surface area contributed by atoms with Crippen molar-refractivity contribution in [3.8, 4) is 0 Å². The van der Waals surface area contributed by atoms with Gasteiger partial charge in [-0.25, -0.2) is 0 Å². The summed E-state index contributed by atoms with van der Waals surface area (Å²) in [5.41, 5.74) is 1.61. The van der Waals surface area contributed by atoms with Crippen molar-refractivity contribution in [1.82, 2.24) is 5.32 Å². The van der Waals surface area contributed by atoms with Gasteiger partial charge in [0.25, 0.3) is 0 Å². The summed E-state index contributed by atoms with van der Waals surface area (Å²) in [6.07, 6.45) is 0. The van der Waals surface area contributed by atoms with Gasteiger partial charge < -0.3 is 5.11 Å². The van der Waals surface area contributed by atoms with Crippen molar-refractivity contribution in [3.05, 3.63) is 70.7 Å². The van der Waals surface area contributed by atoms with Crippen molar-refractivity contribution in [2.75, 3.05) is 0 Å². The number of carboxylic acids is 1. The maximum Gasteiger partial charge on any atom is 0.325 e. The van der Waals surface area contributed by atoms with Crippen molar-refractivity contribution in [3.63, 3.8) is 0 Å². The molecule has 0 aliphatic heterocycles. The number of halogens is 1. The van der Waals surface area contributed by atoms with Gasteiger partial charge in [0.2, 0.25) is 0 Å². The number of rotatable bonds is 5. The summed E-state index contributed by atoms with van der Waals surface area (Å²) in [7, 11) is 0. The quantitative estimate of drug-likeness (QED) is 0.880. The van der Waals surface area contributed by atoms with Gasteiger partial charge in [-0.1, -0.05) is 60.1 Å². The number of hydrogen-bond acceptors (Lipinski definition) is 2. The number of aliphatic carboxylic acids is 1. The molecule has 1 unspecified atom stereocenters. The van der Waals surface area contributed by atoms with Crippen LogP contribution < -0.4 is 5.32 Å². The molecule has 2 N–H and O–H groups in total. The van der Waals surface area contributed by atoms with E-state index >= 15 is 0 Å². The van der Waals surface area contributed by atoms with Gasteiger partial charge in [0.05, 0.1) is 0 Å². The Bertz CT molecular complexity index is 586. The van der Waals surface area contributed by atoms with Gasteiger partial charge >= 0.3 is 5.97 Å². The smallest absolute Gasteiger partial charge is 0.325 e. The highest BCUT2D eigenvalue weighted by molar-refractivity contribution is 6.31. The van der Waals surface area contributed by atoms with Crippen LogP contribution in [0.3, 0.4) is 0 Å². The highest BCUT2D eigenvalue weighted by Gasteiger charge is 2.22. The Morgan fingerprint density at radius 2 is 1.70 bits per heavy atom. The Hall–Kier alpha value is -1.84. The summed E-state index contributed by atoms with van der Waals surface area (Å²) in [5.74, 6) is -0.907. The van der Waals surface area contributed by atoms with E-state index in [0.717, 1.165) is 11.1 Å². The minimum absolute atomic E-state index is 0.162. The van der Waals surface area contributed by atoms with Gasteiger partial charge in [-0.15, -0.1) is 0 Å². The highest BCUT2D eigenvalue weighted by Crippen LogP contribution is 2.25. The van der Waals surface area contributed by atoms with Gasteiger partial charge in [-0.05, 0) is 24.1 Å². The van der Waals surface area contributed by atoms with Gasteiger partial charge in [0, 0.05) is 11.1 Å². The maximum absolute atomic E-state index is 11.5. The number of carboxylic acid groups (broad SMARTS) is 1. The first-order chi connectivity index (χ1) is 9.59. The lowest BCUT2D eigenvalue weighted by molar-refractivity contribution is -0.139. The molecule has 0 aliphatic carbocycles. The van der Waals surface area contributed by atoms with Crippen LogP contribution in [0.4, 0.5) is 0 Å². The zero-order chi connectivity index (χ0) is 14.5. The third-order valence-corrected chi connectivity index (χ3v) is 3.51. The van der Waals surface area contributed by atoms with Gasteiger partial charge in [-0.3, -0.25) is 10.1 Å². The minimum Gasteiger partial charge on any atom is -0.480 e. The van der Waals surface area contributed by atoms with Crippen LogP contribution in [0.5, 0.6) is 0 Å². The highest BCUT2D eigenvalue weighted by atomic mass is 35.5. The first kappa shape index (κ1) is 14.6. The van der Waals surface area contributed by atoms with Gasteiger partial charge in [-0.2, -0.15) is 0 Å². The largest absolute Gasteiger partial charge is 0.480 e. The van der Waals surface area contributed by atoms with E-state index in [1.54, 1.807) is 18.2 Å². The lowest BCUT2D eigenvalue weighted by atomic mass is 10.0. The molecule has 0 fully saturated rings. The van der Waals surface area contributed by atoms with Crippen molar-refractivity contribution in [1.29, 1.82) is 0 Å². The molecule has 0 aromatic heterocycles. The molecule has 0 heterocycles. The molecule has 2 aromatic rings. The SMILES string of the molecule is C[C@H](NC(C(=O)O)c1ccccc1)c1ccccc1Cl. The molecular formula is C16H16ClNO2. The summed E-state index contributed by atoms with van der Waals surface area (Å²) in [6, 6.07) is 15.6. The predicted octanol–water partition coefficient (Wildman–Crippen LogP) is 3.82. The molecule has 0 bridgehead atoms. The second-order valence-corrected chi connectivity index (χ2v) is 5.00. The molecule has 0 radical (unpaired) electrons. The molecule has 2 aromatic carbocycles. The lowest BCUT2D eigenvalue weighted by Crippen LogP contribution is -2.30. The zero-order valence-electron chi connectivity index (χ0n) is 11.1. The molecular weight excluding hydrogens is 274 g/mol. The van der Waals surface area contributed by atoms with E-state index in [-0.39, 0.29) is 6.04 Å². The molecule has 20 heavy (non-hydrogen) atoms. The maximum atomic E-state index is 11.5. The third-order valence-electron chi connectivity index (χ3n) is 3.17. The van der Waals surface area contributed by atoms with Crippen molar-refractivity contribution in [2.24, 2.45) is 0 Å². The third kappa shape index (κ3) is 3.38. The first-order valence-electron chi connectivity index (χ1n) is 6.38. The van der Waals surface area contributed by atoms with Crippen LogP contribution in [0.25, 0.3) is 0 Å². The van der Waals surface area contributed by atoms with Crippen LogP contribution in [-0.2, 0) is 4.79 Å². The summed E-state index contributed by atoms with van der Waals surface area (Å²) in [6.45, 7) is 1.90. The molecule has 0 aliphatic rings. The molecule has 4 heteroatoms. The first-order valence-corrected chi connectivity index (χ1v) is 6.75. The van der Waals surface area contributed by atoms with Crippen LogP contribution in [0, 0.1) is 0 Å². The molecule has 0 saturated carbocycles. The van der Waals surface area contributed by atoms with E-state index in [1.165, 1.54) is 0 Å². The predicted molar refractivity (Wildman–Crippen MR) is 79.8 cm³/mol. The Labute approximate surface area is 123 Å². The van der Waals surface area contributed by atoms with Crippen LogP contribution in [-0.4, -0.2) is 11.1 Å². The van der Waals surface area contributed by atoms with Gasteiger partial charge in [0.15, 0.2) is 0 Å². The monoisotopic (exact) mass is 289 g/mol. The van der Waals surface area contributed by atoms with Crippen molar-refractivity contribution >= 4 is 17.6 Å². The fourth-order valence-electron chi connectivity index (χ4n) is 2.12. The van der Waals surface area contributed by atoms with Crippen LogP contribution in [0.15, 0.2) is 54.6 Å². The van der Waals surface area contributed by atoms with Gasteiger partial charge in [0.1, 0.15) is 6.04 Å². The molecule has 2 rings (SSSR count). The van der Waals surface area contributed by atoms with Crippen molar-refractivity contribution in [2.45, 2.75) is 19.0 Å². The van der Waals surface area contributed by atoms with E-state index in [0.29, 0.717) is 5.02 Å². The van der Waals surface area contributed by atoms with Crippen LogP contribution >= 0.6 is 11.6 Å². The standard InChI is InChI=1S/C16H16ClNO2/c1-11(13-9-5-6-10-14(13)17)18-15(16(19)20)12-7-3-2-4-8-12/h2-11,15,18H,1H3,(H,19,20)/t11-,15?/m0/s1. The van der Waals surface area contributed by atoms with Crippen LogP contribution in [0.2, 0.25) is 5.02 Å². The van der Waals surface area contributed by atoms with E-state index in [4.69, 9.17) is 11.6 Å². The number of nitrogens with one attached hydrogen (secondary N) is 1. The fraction of sp³-hybridized carbons (Fsp3) is 0.188. The molecule has 104 valence electrons. The lowest BCUT2D eigenvalue weighted by Gasteiger charge is -2.21. The Morgan fingerprint density at radius 1 is 1.10 bits per heavy atom. The molecule has 2 atom stereocenters. The average molecular weight is 290 g/mol. The second-order valence-electron chi connectivity index (χ2n) is 4.59. The summed E-state index contributed by atoms with van der Waals surface area (Å²) < 4.78 is 0. The number of hydrogen-bond donors (Lipinski definition) is 2. The summed E-state index contributed by atoms with van der Waals surface area (Å²) in [5, 5.41) is 13.1. The summed E-state index contributed by atoms with van der Waals surface area (Å²) >= 11 is 6.14. The second kappa shape index (κ2) is 6.55. The summed E-state index contributed by atoms with van der Waals surface area (Å²) in [4.78, 5) is 11.5. The van der Waals surface area contributed by atoms with E-state index in [1.807, 2.05) is 43.3 Å². The number of benzene rings is 2. The van der Waals surface area contributed by atoms with Crippen molar-refractivity contribution < 1.29 is 9.90 Å². The van der Waals surface area contributed by atoms with E-state index < -0.39 is 12.0 Å². The zero-order valence-corrected chi connectivity index (χ0v) is 11.8. The van der Waals surface area contributed by atoms with E-state index in [2.05, 4.69) is 5.32 Å². The van der Waals surface area contributed by atoms with Crippen LogP contribution in [0.1, 0.15) is 30.1 Å². The Morgan fingerprint density at radius 3 is 2.30 bits per heavy atom. The molecule has 0 spiro atoms. The Kier molecular flexibility index (Phi) is 4.77. The molecule has 0 amide bonds. The topological polar surface area (TPSA) is 49.3 Å². The fourth-order valence-corrected chi connectivity index (χ4v) is 2.42. The molecule has 3 nitrogen and oxygen atoms in total. The van der Waals surface area contributed by atoms with E-state index in [9.17, 15) is 9.90 Å². The average Bonchev–Trinajstić information content (AvgIpc) is 2.45. The number of carbonyl (C=O) groups is 1. The normalized spacial score (nSPS) is 13.7. The Balaban J connectivity index is 2.21.